The minimum absolute atomic E-state index is 0.205. The van der Waals surface area contributed by atoms with Crippen LogP contribution in [0.4, 0.5) is 0 Å². The fourth-order valence-corrected chi connectivity index (χ4v) is 4.62. The third kappa shape index (κ3) is 3.87. The molecule has 4 rings (SSSR count). The first-order valence-electron chi connectivity index (χ1n) is 10.9. The number of aliphatic hydroxyl groups excluding tert-OH is 2. The van der Waals surface area contributed by atoms with E-state index in [-0.39, 0.29) is 18.6 Å². The first-order valence-corrected chi connectivity index (χ1v) is 10.9. The van der Waals surface area contributed by atoms with E-state index in [4.69, 9.17) is 9.47 Å². The average Bonchev–Trinajstić information content (AvgIpc) is 3.41. The number of hydrogen-bond donors (Lipinski definition) is 5. The quantitative estimate of drug-likeness (QED) is 0.439. The second kappa shape index (κ2) is 8.18. The van der Waals surface area contributed by atoms with Crippen LogP contribution >= 0.6 is 0 Å². The number of aromatic amines is 1. The number of H-pyrrole nitrogens is 1. The third-order valence-corrected chi connectivity index (χ3v) is 6.60. The topological polar surface area (TPSA) is 132 Å². The lowest BCUT2D eigenvalue weighted by atomic mass is 9.86. The maximum atomic E-state index is 12.8. The Morgan fingerprint density at radius 1 is 1.26 bits per heavy atom. The Kier molecular flexibility index (Phi) is 5.87. The van der Waals surface area contributed by atoms with Crippen LogP contribution in [0.2, 0.25) is 0 Å². The molecule has 1 aromatic carbocycles. The van der Waals surface area contributed by atoms with Gasteiger partial charge in [0.1, 0.15) is 17.8 Å². The molecule has 2 aromatic rings. The Bertz CT molecular complexity index is 949. The van der Waals surface area contributed by atoms with E-state index in [2.05, 4.69) is 18.8 Å². The summed E-state index contributed by atoms with van der Waals surface area (Å²) in [7, 11) is 0. The van der Waals surface area contributed by atoms with Gasteiger partial charge in [-0.05, 0) is 49.3 Å². The zero-order chi connectivity index (χ0) is 22.4. The van der Waals surface area contributed by atoms with E-state index in [0.717, 1.165) is 23.9 Å². The van der Waals surface area contributed by atoms with Crippen LogP contribution in [-0.4, -0.2) is 61.1 Å². The van der Waals surface area contributed by atoms with Crippen LogP contribution in [0.3, 0.4) is 0 Å². The van der Waals surface area contributed by atoms with Gasteiger partial charge in [0.05, 0.1) is 0 Å². The summed E-state index contributed by atoms with van der Waals surface area (Å²) < 4.78 is 10.9. The number of esters is 1. The van der Waals surface area contributed by atoms with Crippen molar-refractivity contribution in [2.75, 3.05) is 0 Å². The van der Waals surface area contributed by atoms with Crippen molar-refractivity contribution in [3.05, 3.63) is 30.0 Å². The summed E-state index contributed by atoms with van der Waals surface area (Å²) in [5.41, 5.74) is 0.179. The number of benzene rings is 1. The number of fused-ring (bicyclic) bond motifs is 1. The maximum absolute atomic E-state index is 12.8. The number of aliphatic hydroxyl groups is 4. The number of hydrogen-bond acceptors (Lipinski definition) is 7. The van der Waals surface area contributed by atoms with Crippen LogP contribution in [0.25, 0.3) is 10.9 Å². The summed E-state index contributed by atoms with van der Waals surface area (Å²) in [6.45, 7) is 4.32. The molecule has 4 unspecified atom stereocenters. The van der Waals surface area contributed by atoms with E-state index >= 15 is 0 Å². The molecule has 0 radical (unpaired) electrons. The molecule has 31 heavy (non-hydrogen) atoms. The predicted octanol–water partition coefficient (Wildman–Crippen LogP) is 1.78. The van der Waals surface area contributed by atoms with Gasteiger partial charge in [-0.1, -0.05) is 32.8 Å². The van der Waals surface area contributed by atoms with Crippen molar-refractivity contribution in [1.82, 2.24) is 4.98 Å². The monoisotopic (exact) mass is 433 g/mol. The van der Waals surface area contributed by atoms with Crippen molar-refractivity contribution >= 4 is 16.9 Å². The molecule has 2 fully saturated rings. The Balaban J connectivity index is 1.53. The van der Waals surface area contributed by atoms with E-state index in [1.165, 1.54) is 0 Å². The van der Waals surface area contributed by atoms with Crippen LogP contribution in [0, 0.1) is 5.92 Å². The van der Waals surface area contributed by atoms with E-state index in [1.54, 1.807) is 6.20 Å². The van der Waals surface area contributed by atoms with Gasteiger partial charge in [-0.3, -0.25) is 0 Å². The fourth-order valence-electron chi connectivity index (χ4n) is 4.62. The SMILES string of the molecule is CC(C)CCc1ccc2[nH]cc(OC(=O)C3OC(O)(C4(O)CCCC4)C(O)C3O)c2c1. The van der Waals surface area contributed by atoms with Crippen LogP contribution < -0.4 is 4.74 Å². The van der Waals surface area contributed by atoms with Crippen LogP contribution in [-0.2, 0) is 16.0 Å². The summed E-state index contributed by atoms with van der Waals surface area (Å²) in [6.07, 6.45) is -0.00730. The normalized spacial score (nSPS) is 30.4. The highest BCUT2D eigenvalue weighted by atomic mass is 16.7. The van der Waals surface area contributed by atoms with Crippen LogP contribution in [0.5, 0.6) is 5.75 Å². The van der Waals surface area contributed by atoms with Crippen molar-refractivity contribution in [2.24, 2.45) is 5.92 Å². The maximum Gasteiger partial charge on any atom is 0.343 e. The van der Waals surface area contributed by atoms with E-state index < -0.39 is 35.7 Å². The summed E-state index contributed by atoms with van der Waals surface area (Å²) in [4.78, 5) is 15.8. The number of rotatable bonds is 6. The summed E-state index contributed by atoms with van der Waals surface area (Å²) in [5, 5.41) is 43.1. The lowest BCUT2D eigenvalue weighted by Crippen LogP contribution is -2.60. The minimum atomic E-state index is -2.43. The highest BCUT2D eigenvalue weighted by Gasteiger charge is 2.66. The first-order chi connectivity index (χ1) is 14.6. The number of ether oxygens (including phenoxy) is 2. The van der Waals surface area contributed by atoms with Crippen molar-refractivity contribution in [3.8, 4) is 5.75 Å². The molecular weight excluding hydrogens is 402 g/mol. The van der Waals surface area contributed by atoms with Crippen molar-refractivity contribution in [2.45, 2.75) is 82.1 Å². The Morgan fingerprint density at radius 3 is 2.65 bits per heavy atom. The largest absolute Gasteiger partial charge is 0.422 e. The Hall–Kier alpha value is -1.97. The number of aryl methyl sites for hydroxylation is 1. The number of carbonyl (C=O) groups is 1. The molecule has 0 bridgehead atoms. The summed E-state index contributed by atoms with van der Waals surface area (Å²) in [5.74, 6) is -2.54. The highest BCUT2D eigenvalue weighted by Crippen LogP contribution is 2.46. The molecule has 0 spiro atoms. The van der Waals surface area contributed by atoms with Gasteiger partial charge in [0.2, 0.25) is 5.79 Å². The van der Waals surface area contributed by atoms with Gasteiger partial charge in [0.25, 0.3) is 0 Å². The van der Waals surface area contributed by atoms with Gasteiger partial charge in [-0.25, -0.2) is 4.79 Å². The lowest BCUT2D eigenvalue weighted by Gasteiger charge is -2.39. The lowest BCUT2D eigenvalue weighted by molar-refractivity contribution is -0.313. The molecule has 5 N–H and O–H groups in total. The zero-order valence-electron chi connectivity index (χ0n) is 17.9. The highest BCUT2D eigenvalue weighted by molar-refractivity contribution is 5.90. The number of aromatic nitrogens is 1. The van der Waals surface area contributed by atoms with Gasteiger partial charge in [0, 0.05) is 17.1 Å². The van der Waals surface area contributed by atoms with Gasteiger partial charge in [0.15, 0.2) is 11.9 Å². The van der Waals surface area contributed by atoms with Gasteiger partial charge >= 0.3 is 5.97 Å². The van der Waals surface area contributed by atoms with E-state index in [0.29, 0.717) is 24.1 Å². The smallest absolute Gasteiger partial charge is 0.343 e. The van der Waals surface area contributed by atoms with Crippen molar-refractivity contribution in [3.63, 3.8) is 0 Å². The number of nitrogens with one attached hydrogen (secondary N) is 1. The van der Waals surface area contributed by atoms with Crippen LogP contribution in [0.1, 0.15) is 51.5 Å². The molecule has 1 aromatic heterocycles. The van der Waals surface area contributed by atoms with Gasteiger partial charge < -0.3 is 34.9 Å². The molecule has 0 amide bonds. The van der Waals surface area contributed by atoms with Gasteiger partial charge in [-0.2, -0.15) is 0 Å². The molecule has 8 heteroatoms. The molecule has 2 aliphatic rings. The van der Waals surface area contributed by atoms with E-state index in [1.807, 2.05) is 18.2 Å². The zero-order valence-corrected chi connectivity index (χ0v) is 17.9. The van der Waals surface area contributed by atoms with E-state index in [9.17, 15) is 25.2 Å². The second-order valence-electron chi connectivity index (χ2n) is 9.30. The molecule has 1 aliphatic heterocycles. The van der Waals surface area contributed by atoms with Crippen LogP contribution in [0.15, 0.2) is 24.4 Å². The minimum Gasteiger partial charge on any atom is -0.422 e. The molecule has 1 aliphatic carbocycles. The Labute approximate surface area is 180 Å². The summed E-state index contributed by atoms with van der Waals surface area (Å²) >= 11 is 0. The molecule has 1 saturated heterocycles. The average molecular weight is 434 g/mol. The summed E-state index contributed by atoms with van der Waals surface area (Å²) in [6, 6.07) is 5.89. The standard InChI is InChI=1S/C23H31NO7/c1-13(2)5-6-14-7-8-16-15(11-14)17(12-24-16)30-21(27)19-18(25)20(26)23(29,31-19)22(28)9-3-4-10-22/h7-8,11-13,18-20,24-26,28-29H,3-6,9-10H2,1-2H3. The molecule has 170 valence electrons. The number of carbonyl (C=O) groups excluding carboxylic acids is 1. The fraction of sp³-hybridized carbons (Fsp3) is 0.609. The molecule has 8 nitrogen and oxygen atoms in total. The molecule has 4 atom stereocenters. The van der Waals surface area contributed by atoms with Crippen molar-refractivity contribution in [1.29, 1.82) is 0 Å². The third-order valence-electron chi connectivity index (χ3n) is 6.60. The molecule has 2 heterocycles. The first kappa shape index (κ1) is 22.2. The van der Waals surface area contributed by atoms with Crippen molar-refractivity contribution < 1.29 is 34.7 Å². The Morgan fingerprint density at radius 2 is 1.97 bits per heavy atom. The van der Waals surface area contributed by atoms with Gasteiger partial charge in [-0.15, -0.1) is 0 Å². The molecule has 1 saturated carbocycles. The predicted molar refractivity (Wildman–Crippen MR) is 112 cm³/mol. The second-order valence-corrected chi connectivity index (χ2v) is 9.30. The molecular formula is C23H31NO7.